The van der Waals surface area contributed by atoms with Crippen molar-refractivity contribution in [2.45, 2.75) is 26.2 Å². The lowest BCUT2D eigenvalue weighted by atomic mass is 10.1. The molecule has 1 saturated heterocycles. The van der Waals surface area contributed by atoms with E-state index in [4.69, 9.17) is 15.9 Å². The average Bonchev–Trinajstić information content (AvgIpc) is 2.39. The van der Waals surface area contributed by atoms with Crippen molar-refractivity contribution in [2.75, 3.05) is 26.2 Å². The molecule has 0 radical (unpaired) electrons. The van der Waals surface area contributed by atoms with Gasteiger partial charge < -0.3 is 10.5 Å². The monoisotopic (exact) mass is 262 g/mol. The van der Waals surface area contributed by atoms with E-state index in [-0.39, 0.29) is 5.84 Å². The van der Waals surface area contributed by atoms with Crippen LogP contribution in [0.15, 0.2) is 12.3 Å². The smallest absolute Gasteiger partial charge is 0.224 e. The van der Waals surface area contributed by atoms with E-state index in [1.165, 1.54) is 19.3 Å². The zero-order valence-electron chi connectivity index (χ0n) is 11.5. The van der Waals surface area contributed by atoms with Crippen LogP contribution in [0.5, 0.6) is 5.88 Å². The minimum absolute atomic E-state index is 0.0126. The maximum Gasteiger partial charge on any atom is 0.224 e. The van der Waals surface area contributed by atoms with E-state index in [0.717, 1.165) is 25.2 Å². The zero-order chi connectivity index (χ0) is 13.7. The minimum atomic E-state index is 0.0126. The first-order valence-corrected chi connectivity index (χ1v) is 6.83. The molecule has 19 heavy (non-hydrogen) atoms. The predicted octanol–water partition coefficient (Wildman–Crippen LogP) is 1.54. The fourth-order valence-corrected chi connectivity index (χ4v) is 2.42. The molecule has 1 fully saturated rings. The third kappa shape index (κ3) is 3.67. The maximum absolute atomic E-state index is 7.60. The van der Waals surface area contributed by atoms with Crippen molar-refractivity contribution >= 4 is 5.84 Å². The number of piperidine rings is 1. The normalized spacial score (nSPS) is 16.3. The third-order valence-corrected chi connectivity index (χ3v) is 3.49. The summed E-state index contributed by atoms with van der Waals surface area (Å²) < 4.78 is 5.71. The second-order valence-electron chi connectivity index (χ2n) is 4.97. The van der Waals surface area contributed by atoms with Crippen LogP contribution >= 0.6 is 0 Å². The second-order valence-corrected chi connectivity index (χ2v) is 4.97. The Morgan fingerprint density at radius 1 is 1.42 bits per heavy atom. The Morgan fingerprint density at radius 2 is 2.16 bits per heavy atom. The molecule has 1 aliphatic rings. The van der Waals surface area contributed by atoms with Gasteiger partial charge >= 0.3 is 0 Å². The quantitative estimate of drug-likeness (QED) is 0.623. The van der Waals surface area contributed by atoms with Crippen LogP contribution in [0.25, 0.3) is 0 Å². The Labute approximate surface area is 114 Å². The lowest BCUT2D eigenvalue weighted by Crippen LogP contribution is -2.33. The fraction of sp³-hybridized carbons (Fsp3) is 0.571. The highest BCUT2D eigenvalue weighted by atomic mass is 16.5. The number of aromatic nitrogens is 1. The molecular weight excluding hydrogens is 240 g/mol. The minimum Gasteiger partial charge on any atom is -0.476 e. The molecule has 5 heteroatoms. The van der Waals surface area contributed by atoms with Crippen LogP contribution in [0.2, 0.25) is 0 Å². The largest absolute Gasteiger partial charge is 0.476 e. The van der Waals surface area contributed by atoms with Crippen molar-refractivity contribution in [1.29, 1.82) is 5.41 Å². The first kappa shape index (κ1) is 13.8. The number of nitrogens with one attached hydrogen (secondary N) is 1. The molecule has 1 aromatic rings. The first-order chi connectivity index (χ1) is 9.18. The molecule has 0 bridgehead atoms. The molecule has 0 aliphatic carbocycles. The van der Waals surface area contributed by atoms with Gasteiger partial charge in [0.15, 0.2) is 0 Å². The molecule has 1 aromatic heterocycles. The Balaban J connectivity index is 1.92. The highest BCUT2D eigenvalue weighted by molar-refractivity contribution is 5.98. The van der Waals surface area contributed by atoms with Gasteiger partial charge in [0.2, 0.25) is 5.88 Å². The van der Waals surface area contributed by atoms with Gasteiger partial charge in [-0.1, -0.05) is 6.42 Å². The highest BCUT2D eigenvalue weighted by Gasteiger charge is 2.13. The molecule has 0 unspecified atom stereocenters. The van der Waals surface area contributed by atoms with Gasteiger partial charge in [-0.3, -0.25) is 10.3 Å². The van der Waals surface area contributed by atoms with Crippen LogP contribution in [0, 0.1) is 12.3 Å². The van der Waals surface area contributed by atoms with Crippen LogP contribution in [0.4, 0.5) is 0 Å². The van der Waals surface area contributed by atoms with Gasteiger partial charge in [0.1, 0.15) is 12.4 Å². The number of nitrogens with zero attached hydrogens (tertiary/aromatic N) is 2. The lowest BCUT2D eigenvalue weighted by Gasteiger charge is -2.26. The lowest BCUT2D eigenvalue weighted by molar-refractivity contribution is 0.180. The molecule has 0 atom stereocenters. The van der Waals surface area contributed by atoms with Crippen molar-refractivity contribution in [3.8, 4) is 5.88 Å². The van der Waals surface area contributed by atoms with E-state index in [1.54, 1.807) is 6.20 Å². The SMILES string of the molecule is Cc1ccnc(OCCN2CCCCC2)c1C(=N)N. The number of amidine groups is 1. The van der Waals surface area contributed by atoms with Gasteiger partial charge in [-0.25, -0.2) is 4.98 Å². The second kappa shape index (κ2) is 6.52. The van der Waals surface area contributed by atoms with Gasteiger partial charge in [0, 0.05) is 12.7 Å². The van der Waals surface area contributed by atoms with E-state index in [9.17, 15) is 0 Å². The summed E-state index contributed by atoms with van der Waals surface area (Å²) in [5.74, 6) is 0.489. The van der Waals surface area contributed by atoms with E-state index >= 15 is 0 Å². The fourth-order valence-electron chi connectivity index (χ4n) is 2.42. The summed E-state index contributed by atoms with van der Waals surface area (Å²) in [5.41, 5.74) is 7.12. The summed E-state index contributed by atoms with van der Waals surface area (Å²) in [4.78, 5) is 6.59. The summed E-state index contributed by atoms with van der Waals surface area (Å²) in [6.45, 7) is 5.73. The molecule has 0 spiro atoms. The third-order valence-electron chi connectivity index (χ3n) is 3.49. The molecule has 0 amide bonds. The predicted molar refractivity (Wildman–Crippen MR) is 75.8 cm³/mol. The summed E-state index contributed by atoms with van der Waals surface area (Å²) >= 11 is 0. The summed E-state index contributed by atoms with van der Waals surface area (Å²) in [6.07, 6.45) is 5.59. The van der Waals surface area contributed by atoms with Gasteiger partial charge in [0.25, 0.3) is 0 Å². The first-order valence-electron chi connectivity index (χ1n) is 6.83. The van der Waals surface area contributed by atoms with E-state index in [2.05, 4.69) is 9.88 Å². The van der Waals surface area contributed by atoms with Gasteiger partial charge in [0.05, 0.1) is 5.56 Å². The molecular formula is C14H22N4O. The number of hydrogen-bond donors (Lipinski definition) is 2. The Morgan fingerprint density at radius 3 is 2.84 bits per heavy atom. The Hall–Kier alpha value is -1.62. The summed E-state index contributed by atoms with van der Waals surface area (Å²) in [6, 6.07) is 1.84. The molecule has 5 nitrogen and oxygen atoms in total. The van der Waals surface area contributed by atoms with Crippen molar-refractivity contribution in [2.24, 2.45) is 5.73 Å². The molecule has 0 aromatic carbocycles. The number of pyridine rings is 1. The van der Waals surface area contributed by atoms with E-state index in [1.807, 2.05) is 13.0 Å². The number of hydrogen-bond acceptors (Lipinski definition) is 4. The van der Waals surface area contributed by atoms with Crippen LogP contribution in [-0.2, 0) is 0 Å². The molecule has 2 heterocycles. The van der Waals surface area contributed by atoms with Crippen molar-refractivity contribution in [1.82, 2.24) is 9.88 Å². The topological polar surface area (TPSA) is 75.2 Å². The van der Waals surface area contributed by atoms with Gasteiger partial charge in [-0.05, 0) is 44.5 Å². The number of ether oxygens (including phenoxy) is 1. The molecule has 104 valence electrons. The molecule has 0 saturated carbocycles. The average molecular weight is 262 g/mol. The van der Waals surface area contributed by atoms with Crippen LogP contribution in [-0.4, -0.2) is 42.0 Å². The van der Waals surface area contributed by atoms with Crippen LogP contribution in [0.1, 0.15) is 30.4 Å². The maximum atomic E-state index is 7.60. The molecule has 2 rings (SSSR count). The van der Waals surface area contributed by atoms with Crippen molar-refractivity contribution in [3.63, 3.8) is 0 Å². The molecule has 3 N–H and O–H groups in total. The van der Waals surface area contributed by atoms with E-state index < -0.39 is 0 Å². The Kier molecular flexibility index (Phi) is 4.74. The number of nitrogen functional groups attached to an aromatic ring is 1. The zero-order valence-corrected chi connectivity index (χ0v) is 11.5. The van der Waals surface area contributed by atoms with Crippen molar-refractivity contribution < 1.29 is 4.74 Å². The van der Waals surface area contributed by atoms with Gasteiger partial charge in [-0.2, -0.15) is 0 Å². The number of likely N-dealkylation sites (tertiary alicyclic amines) is 1. The summed E-state index contributed by atoms with van der Waals surface area (Å²) in [5, 5.41) is 7.60. The number of aryl methyl sites for hydroxylation is 1. The summed E-state index contributed by atoms with van der Waals surface area (Å²) in [7, 11) is 0. The van der Waals surface area contributed by atoms with Crippen LogP contribution < -0.4 is 10.5 Å². The van der Waals surface area contributed by atoms with E-state index in [0.29, 0.717) is 18.1 Å². The number of rotatable bonds is 5. The van der Waals surface area contributed by atoms with Gasteiger partial charge in [-0.15, -0.1) is 0 Å². The highest BCUT2D eigenvalue weighted by Crippen LogP contribution is 2.18. The standard InChI is InChI=1S/C14H22N4O/c1-11-5-6-17-14(12(11)13(15)16)19-10-9-18-7-3-2-4-8-18/h5-6H,2-4,7-10H2,1H3,(H3,15,16). The number of nitrogens with two attached hydrogens (primary N) is 1. The molecule has 1 aliphatic heterocycles. The van der Waals surface area contributed by atoms with Crippen LogP contribution in [0.3, 0.4) is 0 Å². The Bertz CT molecular complexity index is 441. The van der Waals surface area contributed by atoms with Crippen molar-refractivity contribution in [3.05, 3.63) is 23.4 Å².